The van der Waals surface area contributed by atoms with Gasteiger partial charge in [0.05, 0.1) is 7.11 Å². The summed E-state index contributed by atoms with van der Waals surface area (Å²) in [6.45, 7) is 3.06. The molecule has 1 fully saturated rings. The number of aromatic nitrogens is 3. The Morgan fingerprint density at radius 2 is 1.64 bits per heavy atom. The van der Waals surface area contributed by atoms with Crippen molar-refractivity contribution in [2.24, 2.45) is 0 Å². The number of nitrogens with zero attached hydrogens (tertiary/aromatic N) is 5. The molecule has 22 heavy (non-hydrogen) atoms. The Bertz CT molecular complexity index is 641. The third kappa shape index (κ3) is 2.83. The molecule has 0 atom stereocenters. The number of hydrogen-bond acceptors (Lipinski definition) is 7. The fraction of sp³-hybridized carbons (Fsp3) is 0.333. The summed E-state index contributed by atoms with van der Waals surface area (Å²) >= 11 is 0. The van der Waals surface area contributed by atoms with Gasteiger partial charge in [0.15, 0.2) is 0 Å². The Labute approximate surface area is 128 Å². The second-order valence-electron chi connectivity index (χ2n) is 4.89. The van der Waals surface area contributed by atoms with Crippen molar-refractivity contribution in [2.45, 2.75) is 0 Å². The van der Waals surface area contributed by atoms with E-state index in [1.807, 2.05) is 0 Å². The topological polar surface area (TPSA) is 71.5 Å². The second kappa shape index (κ2) is 6.38. The first kappa shape index (κ1) is 14.2. The zero-order chi connectivity index (χ0) is 15.4. The van der Waals surface area contributed by atoms with E-state index in [4.69, 9.17) is 4.74 Å². The van der Waals surface area contributed by atoms with Gasteiger partial charge in [0.1, 0.15) is 11.4 Å². The van der Waals surface area contributed by atoms with Gasteiger partial charge in [-0.2, -0.15) is 0 Å². The molecule has 0 amide bonds. The van der Waals surface area contributed by atoms with Gasteiger partial charge in [0.25, 0.3) is 0 Å². The average molecular weight is 299 g/mol. The molecular formula is C15H17N5O2. The summed E-state index contributed by atoms with van der Waals surface area (Å²) in [7, 11) is 1.38. The lowest BCUT2D eigenvalue weighted by atomic mass is 10.2. The Balaban J connectivity index is 1.73. The van der Waals surface area contributed by atoms with Crippen molar-refractivity contribution in [3.63, 3.8) is 0 Å². The third-order valence-corrected chi connectivity index (χ3v) is 3.61. The average Bonchev–Trinajstić information content (AvgIpc) is 2.62. The molecule has 2 aromatic rings. The minimum atomic E-state index is -0.364. The number of esters is 1. The van der Waals surface area contributed by atoms with Crippen molar-refractivity contribution in [3.05, 3.63) is 42.4 Å². The van der Waals surface area contributed by atoms with Crippen molar-refractivity contribution >= 4 is 17.7 Å². The summed E-state index contributed by atoms with van der Waals surface area (Å²) in [6, 6.07) is 5.28. The summed E-state index contributed by atoms with van der Waals surface area (Å²) in [5.41, 5.74) is 0.495. The normalized spacial score (nSPS) is 14.8. The fourth-order valence-corrected chi connectivity index (χ4v) is 2.49. The van der Waals surface area contributed by atoms with Gasteiger partial charge >= 0.3 is 5.97 Å². The molecule has 0 bridgehead atoms. The number of hydrogen-bond donors (Lipinski definition) is 0. The van der Waals surface area contributed by atoms with E-state index in [2.05, 4.69) is 24.8 Å². The molecule has 1 aliphatic heterocycles. The molecule has 1 saturated heterocycles. The number of anilines is 2. The van der Waals surface area contributed by atoms with E-state index < -0.39 is 0 Å². The van der Waals surface area contributed by atoms with Crippen molar-refractivity contribution in [3.8, 4) is 0 Å². The zero-order valence-corrected chi connectivity index (χ0v) is 12.3. The lowest BCUT2D eigenvalue weighted by Gasteiger charge is -2.35. The van der Waals surface area contributed by atoms with Gasteiger partial charge in [0.2, 0.25) is 5.95 Å². The second-order valence-corrected chi connectivity index (χ2v) is 4.89. The standard InChI is InChI=1S/C15H17N5O2/c1-22-14(21)12-4-2-5-16-13(12)19-8-10-20(11-9-19)15-17-6-3-7-18-15/h2-7H,8-11H2,1H3. The van der Waals surface area contributed by atoms with Crippen LogP contribution in [-0.4, -0.2) is 54.2 Å². The summed E-state index contributed by atoms with van der Waals surface area (Å²) in [4.78, 5) is 28.9. The summed E-state index contributed by atoms with van der Waals surface area (Å²) in [5, 5.41) is 0. The van der Waals surface area contributed by atoms with Crippen molar-refractivity contribution in [2.75, 3.05) is 43.1 Å². The van der Waals surface area contributed by atoms with Crippen LogP contribution in [0.25, 0.3) is 0 Å². The monoisotopic (exact) mass is 299 g/mol. The number of pyridine rings is 1. The number of methoxy groups -OCH3 is 1. The van der Waals surface area contributed by atoms with Gasteiger partial charge in [-0.1, -0.05) is 0 Å². The van der Waals surface area contributed by atoms with Crippen molar-refractivity contribution in [1.82, 2.24) is 15.0 Å². The predicted molar refractivity (Wildman–Crippen MR) is 82.0 cm³/mol. The molecule has 0 radical (unpaired) electrons. The van der Waals surface area contributed by atoms with Crippen LogP contribution in [0, 0.1) is 0 Å². The highest BCUT2D eigenvalue weighted by molar-refractivity contribution is 5.94. The molecule has 0 aliphatic carbocycles. The number of carbonyl (C=O) groups is 1. The summed E-state index contributed by atoms with van der Waals surface area (Å²) < 4.78 is 4.82. The van der Waals surface area contributed by atoms with E-state index in [9.17, 15) is 4.79 Å². The first-order chi connectivity index (χ1) is 10.8. The van der Waals surface area contributed by atoms with Crippen LogP contribution in [0.2, 0.25) is 0 Å². The van der Waals surface area contributed by atoms with E-state index in [-0.39, 0.29) is 5.97 Å². The SMILES string of the molecule is COC(=O)c1cccnc1N1CCN(c2ncccn2)CC1. The van der Waals surface area contributed by atoms with Crippen molar-refractivity contribution < 1.29 is 9.53 Å². The van der Waals surface area contributed by atoms with E-state index in [1.54, 1.807) is 36.8 Å². The molecule has 0 unspecified atom stereocenters. The van der Waals surface area contributed by atoms with Crippen LogP contribution in [0.1, 0.15) is 10.4 Å². The first-order valence-electron chi connectivity index (χ1n) is 7.10. The molecule has 0 saturated carbocycles. The maximum absolute atomic E-state index is 11.8. The molecular weight excluding hydrogens is 282 g/mol. The number of carbonyl (C=O) groups excluding carboxylic acids is 1. The maximum Gasteiger partial charge on any atom is 0.341 e. The van der Waals surface area contributed by atoms with Crippen LogP contribution in [0.3, 0.4) is 0 Å². The van der Waals surface area contributed by atoms with Gasteiger partial charge in [0, 0.05) is 44.8 Å². The molecule has 2 aromatic heterocycles. The highest BCUT2D eigenvalue weighted by Gasteiger charge is 2.23. The highest BCUT2D eigenvalue weighted by Crippen LogP contribution is 2.20. The summed E-state index contributed by atoms with van der Waals surface area (Å²) in [5.74, 6) is 1.04. The van der Waals surface area contributed by atoms with Gasteiger partial charge in [-0.3, -0.25) is 0 Å². The first-order valence-corrected chi connectivity index (χ1v) is 7.10. The van der Waals surface area contributed by atoms with E-state index >= 15 is 0 Å². The predicted octanol–water partition coefficient (Wildman–Crippen LogP) is 0.985. The Morgan fingerprint density at radius 3 is 2.32 bits per heavy atom. The lowest BCUT2D eigenvalue weighted by Crippen LogP contribution is -2.47. The quantitative estimate of drug-likeness (QED) is 0.782. The van der Waals surface area contributed by atoms with Crippen LogP contribution in [0.15, 0.2) is 36.8 Å². The Kier molecular flexibility index (Phi) is 4.13. The van der Waals surface area contributed by atoms with Crippen LogP contribution < -0.4 is 9.80 Å². The molecule has 3 rings (SSSR count). The minimum absolute atomic E-state index is 0.364. The molecule has 0 aromatic carbocycles. The van der Waals surface area contributed by atoms with Gasteiger partial charge in [-0.05, 0) is 18.2 Å². The Hall–Kier alpha value is -2.70. The highest BCUT2D eigenvalue weighted by atomic mass is 16.5. The van der Waals surface area contributed by atoms with Gasteiger partial charge in [-0.15, -0.1) is 0 Å². The molecule has 7 heteroatoms. The molecule has 114 valence electrons. The molecule has 0 N–H and O–H groups in total. The zero-order valence-electron chi connectivity index (χ0n) is 12.3. The van der Waals surface area contributed by atoms with Gasteiger partial charge in [-0.25, -0.2) is 19.7 Å². The molecule has 0 spiro atoms. The number of ether oxygens (including phenoxy) is 1. The lowest BCUT2D eigenvalue weighted by molar-refractivity contribution is 0.0601. The summed E-state index contributed by atoms with van der Waals surface area (Å²) in [6.07, 6.45) is 5.17. The van der Waals surface area contributed by atoms with Crippen LogP contribution in [0.5, 0.6) is 0 Å². The third-order valence-electron chi connectivity index (χ3n) is 3.61. The van der Waals surface area contributed by atoms with E-state index in [1.165, 1.54) is 7.11 Å². The van der Waals surface area contributed by atoms with Crippen LogP contribution in [-0.2, 0) is 4.74 Å². The smallest absolute Gasteiger partial charge is 0.341 e. The largest absolute Gasteiger partial charge is 0.465 e. The van der Waals surface area contributed by atoms with Crippen molar-refractivity contribution in [1.29, 1.82) is 0 Å². The Morgan fingerprint density at radius 1 is 1.00 bits per heavy atom. The molecule has 1 aliphatic rings. The number of piperazine rings is 1. The molecule has 7 nitrogen and oxygen atoms in total. The number of rotatable bonds is 3. The van der Waals surface area contributed by atoms with E-state index in [0.717, 1.165) is 32.1 Å². The minimum Gasteiger partial charge on any atom is -0.465 e. The maximum atomic E-state index is 11.8. The van der Waals surface area contributed by atoms with Crippen LogP contribution >= 0.6 is 0 Å². The van der Waals surface area contributed by atoms with Gasteiger partial charge < -0.3 is 14.5 Å². The molecule has 3 heterocycles. The fourth-order valence-electron chi connectivity index (χ4n) is 2.49. The van der Waals surface area contributed by atoms with E-state index in [0.29, 0.717) is 11.4 Å². The van der Waals surface area contributed by atoms with Crippen LogP contribution in [0.4, 0.5) is 11.8 Å².